The van der Waals surface area contributed by atoms with Gasteiger partial charge >= 0.3 is 0 Å². The molecule has 7 nitrogen and oxygen atoms in total. The van der Waals surface area contributed by atoms with Gasteiger partial charge in [0.25, 0.3) is 0 Å². The molecule has 8 heteroatoms. The van der Waals surface area contributed by atoms with Gasteiger partial charge in [0, 0.05) is 62.7 Å². The molecule has 4 aromatic rings. The number of hydrogen-bond donors (Lipinski definition) is 0. The molecule has 34 heavy (non-hydrogen) atoms. The van der Waals surface area contributed by atoms with E-state index in [0.29, 0.717) is 6.04 Å². The number of anilines is 1. The minimum Gasteiger partial charge on any atom is -0.339 e. The molecular weight excluding hydrogens is 442 g/mol. The number of imidazole rings is 1. The van der Waals surface area contributed by atoms with E-state index in [1.54, 1.807) is 0 Å². The molecular formula is C26H31N7S. The first-order valence-corrected chi connectivity index (χ1v) is 13.1. The molecule has 0 aromatic carbocycles. The van der Waals surface area contributed by atoms with Crippen LogP contribution in [0.5, 0.6) is 0 Å². The van der Waals surface area contributed by atoms with Crippen LogP contribution in [0.2, 0.25) is 0 Å². The summed E-state index contributed by atoms with van der Waals surface area (Å²) in [7, 11) is 2.20. The van der Waals surface area contributed by atoms with Crippen LogP contribution in [0.15, 0.2) is 54.3 Å². The van der Waals surface area contributed by atoms with E-state index < -0.39 is 0 Å². The quantitative estimate of drug-likeness (QED) is 0.422. The van der Waals surface area contributed by atoms with Gasteiger partial charge in [-0.15, -0.1) is 11.3 Å². The minimum atomic E-state index is 0.351. The number of piperazine rings is 1. The van der Waals surface area contributed by atoms with Crippen molar-refractivity contribution in [3.8, 4) is 0 Å². The maximum absolute atomic E-state index is 4.95. The van der Waals surface area contributed by atoms with Crippen molar-refractivity contribution in [1.82, 2.24) is 29.2 Å². The predicted molar refractivity (Wildman–Crippen MR) is 136 cm³/mol. The van der Waals surface area contributed by atoms with Gasteiger partial charge in [0.1, 0.15) is 5.65 Å². The Morgan fingerprint density at radius 2 is 1.97 bits per heavy atom. The Labute approximate surface area is 204 Å². The number of rotatable bonds is 6. The molecule has 5 heterocycles. The van der Waals surface area contributed by atoms with Crippen molar-refractivity contribution in [2.75, 3.05) is 38.1 Å². The number of aromatic nitrogens is 4. The second-order valence-electron chi connectivity index (χ2n) is 9.42. The number of hydrogen-bond acceptors (Lipinski definition) is 7. The molecule has 1 unspecified atom stereocenters. The molecule has 2 aliphatic rings. The SMILES string of the molecule is CN(Cc1cn2c(N3CCN(Cc4cccs4)CC3)nccc2n1)C1CCCc2cccnc21. The number of nitrogens with zero attached hydrogens (tertiary/aromatic N) is 7. The van der Waals surface area contributed by atoms with E-state index in [4.69, 9.17) is 15.0 Å². The van der Waals surface area contributed by atoms with Crippen LogP contribution in [0.25, 0.3) is 5.65 Å². The van der Waals surface area contributed by atoms with Gasteiger partial charge in [-0.2, -0.15) is 0 Å². The molecule has 1 atom stereocenters. The molecule has 0 spiro atoms. The number of aryl methyl sites for hydroxylation is 1. The van der Waals surface area contributed by atoms with Crippen molar-refractivity contribution in [1.29, 1.82) is 0 Å². The van der Waals surface area contributed by atoms with Gasteiger partial charge in [-0.1, -0.05) is 12.1 Å². The van der Waals surface area contributed by atoms with Crippen molar-refractivity contribution < 1.29 is 0 Å². The van der Waals surface area contributed by atoms with Crippen LogP contribution in [0.3, 0.4) is 0 Å². The lowest BCUT2D eigenvalue weighted by Gasteiger charge is -2.35. The Hall–Kier alpha value is -2.81. The maximum atomic E-state index is 4.95. The molecule has 1 aliphatic carbocycles. The fraction of sp³-hybridized carbons (Fsp3) is 0.423. The molecule has 0 bridgehead atoms. The van der Waals surface area contributed by atoms with Crippen LogP contribution in [0.1, 0.15) is 40.7 Å². The summed E-state index contributed by atoms with van der Waals surface area (Å²) in [6.07, 6.45) is 9.49. The topological polar surface area (TPSA) is 52.8 Å². The largest absolute Gasteiger partial charge is 0.339 e. The molecule has 176 valence electrons. The first-order chi connectivity index (χ1) is 16.7. The van der Waals surface area contributed by atoms with Crippen molar-refractivity contribution in [2.24, 2.45) is 0 Å². The van der Waals surface area contributed by atoms with E-state index in [9.17, 15) is 0 Å². The summed E-state index contributed by atoms with van der Waals surface area (Å²) in [4.78, 5) is 23.2. The second kappa shape index (κ2) is 9.44. The van der Waals surface area contributed by atoms with E-state index in [1.165, 1.54) is 22.6 Å². The monoisotopic (exact) mass is 473 g/mol. The van der Waals surface area contributed by atoms with E-state index in [0.717, 1.165) is 69.4 Å². The molecule has 0 amide bonds. The molecule has 1 fully saturated rings. The van der Waals surface area contributed by atoms with Gasteiger partial charge in [0.2, 0.25) is 5.95 Å². The number of fused-ring (bicyclic) bond motifs is 2. The van der Waals surface area contributed by atoms with E-state index in [-0.39, 0.29) is 0 Å². The van der Waals surface area contributed by atoms with Crippen LogP contribution in [-0.2, 0) is 19.5 Å². The zero-order chi connectivity index (χ0) is 22.9. The highest BCUT2D eigenvalue weighted by Crippen LogP contribution is 2.32. The summed E-state index contributed by atoms with van der Waals surface area (Å²) in [5.41, 5.74) is 4.68. The third-order valence-corrected chi connectivity index (χ3v) is 8.00. The Balaban J connectivity index is 1.16. The summed E-state index contributed by atoms with van der Waals surface area (Å²) in [6, 6.07) is 11.0. The Kier molecular flexibility index (Phi) is 6.03. The molecule has 1 aliphatic heterocycles. The lowest BCUT2D eigenvalue weighted by atomic mass is 9.91. The van der Waals surface area contributed by atoms with Gasteiger partial charge in [0.05, 0.1) is 17.4 Å². The first kappa shape index (κ1) is 21.7. The van der Waals surface area contributed by atoms with Gasteiger partial charge in [0.15, 0.2) is 0 Å². The Morgan fingerprint density at radius 1 is 1.06 bits per heavy atom. The molecule has 4 aromatic heterocycles. The minimum absolute atomic E-state index is 0.351. The molecule has 0 radical (unpaired) electrons. The molecule has 0 saturated carbocycles. The van der Waals surface area contributed by atoms with Crippen molar-refractivity contribution in [3.05, 3.63) is 76.1 Å². The second-order valence-corrected chi connectivity index (χ2v) is 10.5. The normalized spacial score (nSPS) is 19.1. The highest BCUT2D eigenvalue weighted by molar-refractivity contribution is 7.09. The lowest BCUT2D eigenvalue weighted by Crippen LogP contribution is -2.46. The highest BCUT2D eigenvalue weighted by Gasteiger charge is 2.26. The van der Waals surface area contributed by atoms with Crippen molar-refractivity contribution in [2.45, 2.75) is 38.4 Å². The third kappa shape index (κ3) is 4.33. The zero-order valence-electron chi connectivity index (χ0n) is 19.7. The van der Waals surface area contributed by atoms with E-state index >= 15 is 0 Å². The van der Waals surface area contributed by atoms with Crippen LogP contribution in [-0.4, -0.2) is 62.4 Å². The Bertz CT molecular complexity index is 1240. The first-order valence-electron chi connectivity index (χ1n) is 12.2. The summed E-state index contributed by atoms with van der Waals surface area (Å²) in [5, 5.41) is 2.16. The Morgan fingerprint density at radius 3 is 2.82 bits per heavy atom. The van der Waals surface area contributed by atoms with Gasteiger partial charge in [-0.05, 0) is 55.5 Å². The smallest absolute Gasteiger partial charge is 0.211 e. The van der Waals surface area contributed by atoms with Crippen molar-refractivity contribution in [3.63, 3.8) is 0 Å². The maximum Gasteiger partial charge on any atom is 0.211 e. The number of pyridine rings is 1. The summed E-state index contributed by atoms with van der Waals surface area (Å²) in [5.74, 6) is 0.999. The molecule has 1 saturated heterocycles. The predicted octanol–water partition coefficient (Wildman–Crippen LogP) is 4.02. The number of thiophene rings is 1. The van der Waals surface area contributed by atoms with E-state index in [1.807, 2.05) is 29.8 Å². The van der Waals surface area contributed by atoms with Gasteiger partial charge in [-0.25, -0.2) is 9.97 Å². The van der Waals surface area contributed by atoms with Crippen molar-refractivity contribution >= 4 is 22.9 Å². The third-order valence-electron chi connectivity index (χ3n) is 7.14. The van der Waals surface area contributed by atoms with E-state index in [2.05, 4.69) is 62.0 Å². The van der Waals surface area contributed by atoms with Crippen LogP contribution in [0, 0.1) is 0 Å². The standard InChI is InChI=1S/C26H31N7S/c1-30(23-8-2-5-20-6-3-10-27-25(20)23)17-21-18-33-24(29-21)9-11-28-26(33)32-14-12-31(13-15-32)19-22-7-4-16-34-22/h3-4,6-7,9-11,16,18,23H,2,5,8,12-15,17,19H2,1H3. The van der Waals surface area contributed by atoms with Gasteiger partial charge in [-0.3, -0.25) is 19.2 Å². The highest BCUT2D eigenvalue weighted by atomic mass is 32.1. The fourth-order valence-corrected chi connectivity index (χ4v) is 6.12. The average molecular weight is 474 g/mol. The van der Waals surface area contributed by atoms with Crippen LogP contribution < -0.4 is 4.90 Å². The lowest BCUT2D eigenvalue weighted by molar-refractivity contribution is 0.206. The van der Waals surface area contributed by atoms with Gasteiger partial charge < -0.3 is 4.90 Å². The van der Waals surface area contributed by atoms with Crippen LogP contribution in [0.4, 0.5) is 5.95 Å². The summed E-state index contributed by atoms with van der Waals surface area (Å²) in [6.45, 7) is 5.91. The molecule has 0 N–H and O–H groups in total. The molecule has 6 rings (SSSR count). The average Bonchev–Trinajstić information content (AvgIpc) is 3.53. The fourth-order valence-electron chi connectivity index (χ4n) is 5.37. The summed E-state index contributed by atoms with van der Waals surface area (Å²) < 4.78 is 2.17. The zero-order valence-corrected chi connectivity index (χ0v) is 20.5. The summed E-state index contributed by atoms with van der Waals surface area (Å²) >= 11 is 1.84. The van der Waals surface area contributed by atoms with Crippen LogP contribution >= 0.6 is 11.3 Å².